The van der Waals surface area contributed by atoms with Crippen molar-refractivity contribution in [2.24, 2.45) is 5.73 Å². The molecule has 0 heterocycles. The van der Waals surface area contributed by atoms with E-state index in [1.165, 1.54) is 12.1 Å². The smallest absolute Gasteiger partial charge is 0.239 e. The maximum absolute atomic E-state index is 12.1. The van der Waals surface area contributed by atoms with Crippen LogP contribution in [0.4, 0.5) is 5.69 Å². The van der Waals surface area contributed by atoms with E-state index in [1.807, 2.05) is 0 Å². The molecule has 0 aromatic heterocycles. The van der Waals surface area contributed by atoms with Gasteiger partial charge in [0, 0.05) is 12.2 Å². The molecule has 0 saturated carbocycles. The molecule has 6 heteroatoms. The molecule has 21 heavy (non-hydrogen) atoms. The molecule has 0 spiro atoms. The first kappa shape index (κ1) is 15.2. The van der Waals surface area contributed by atoms with E-state index in [4.69, 9.17) is 5.73 Å². The van der Waals surface area contributed by atoms with Gasteiger partial charge in [-0.15, -0.1) is 0 Å². The van der Waals surface area contributed by atoms with E-state index in [9.17, 15) is 13.2 Å². The molecule has 0 aliphatic carbocycles. The largest absolute Gasteiger partial charge is 0.326 e. The molecule has 2 aromatic carbocycles. The zero-order valence-electron chi connectivity index (χ0n) is 11.3. The summed E-state index contributed by atoms with van der Waals surface area (Å²) in [5.41, 5.74) is 6.86. The molecule has 5 nitrogen and oxygen atoms in total. The van der Waals surface area contributed by atoms with Crippen molar-refractivity contribution in [3.63, 3.8) is 0 Å². The maximum atomic E-state index is 12.1. The highest BCUT2D eigenvalue weighted by atomic mass is 32.2. The van der Waals surface area contributed by atoms with E-state index in [-0.39, 0.29) is 11.4 Å². The van der Waals surface area contributed by atoms with Crippen LogP contribution in [0.15, 0.2) is 59.5 Å². The Hall–Kier alpha value is -2.18. The van der Waals surface area contributed by atoms with Crippen LogP contribution in [-0.2, 0) is 21.2 Å². The molecule has 0 atom stereocenters. The SMILES string of the molecule is NCc1ccccc1NC(=O)CS(=O)(=O)c1ccccc1. The van der Waals surface area contributed by atoms with E-state index in [0.29, 0.717) is 5.69 Å². The number of sulfone groups is 1. The van der Waals surface area contributed by atoms with Crippen LogP contribution in [0.1, 0.15) is 5.56 Å². The van der Waals surface area contributed by atoms with Gasteiger partial charge in [-0.05, 0) is 23.8 Å². The molecule has 0 aliphatic heterocycles. The second-order valence-electron chi connectivity index (χ2n) is 4.48. The summed E-state index contributed by atoms with van der Waals surface area (Å²) < 4.78 is 24.2. The van der Waals surface area contributed by atoms with Crippen molar-refractivity contribution in [3.05, 3.63) is 60.2 Å². The summed E-state index contributed by atoms with van der Waals surface area (Å²) in [6, 6.07) is 14.9. The summed E-state index contributed by atoms with van der Waals surface area (Å²) in [7, 11) is -3.64. The summed E-state index contributed by atoms with van der Waals surface area (Å²) in [6.07, 6.45) is 0. The van der Waals surface area contributed by atoms with E-state index >= 15 is 0 Å². The van der Waals surface area contributed by atoms with Gasteiger partial charge in [0.05, 0.1) is 4.90 Å². The molecule has 1 amide bonds. The van der Waals surface area contributed by atoms with E-state index in [2.05, 4.69) is 5.32 Å². The van der Waals surface area contributed by atoms with Gasteiger partial charge in [-0.3, -0.25) is 4.79 Å². The van der Waals surface area contributed by atoms with Gasteiger partial charge < -0.3 is 11.1 Å². The Bertz CT molecular complexity index is 728. The van der Waals surface area contributed by atoms with Crippen LogP contribution in [-0.4, -0.2) is 20.1 Å². The fourth-order valence-corrected chi connectivity index (χ4v) is 3.05. The standard InChI is InChI=1S/C15H16N2O3S/c16-10-12-6-4-5-9-14(12)17-15(18)11-21(19,20)13-7-2-1-3-8-13/h1-9H,10-11,16H2,(H,17,18). The number of nitrogens with one attached hydrogen (secondary N) is 1. The third-order valence-corrected chi connectivity index (χ3v) is 4.57. The fourth-order valence-electron chi connectivity index (χ4n) is 1.89. The molecule has 3 N–H and O–H groups in total. The quantitative estimate of drug-likeness (QED) is 0.877. The second-order valence-corrected chi connectivity index (χ2v) is 6.47. The zero-order chi connectivity index (χ0) is 15.3. The van der Waals surface area contributed by atoms with Crippen LogP contribution in [0.2, 0.25) is 0 Å². The summed E-state index contributed by atoms with van der Waals surface area (Å²) in [6.45, 7) is 0.266. The first-order chi connectivity index (χ1) is 10.0. The lowest BCUT2D eigenvalue weighted by Gasteiger charge is -2.10. The highest BCUT2D eigenvalue weighted by Gasteiger charge is 2.19. The van der Waals surface area contributed by atoms with Gasteiger partial charge in [-0.25, -0.2) is 8.42 Å². The zero-order valence-corrected chi connectivity index (χ0v) is 12.1. The van der Waals surface area contributed by atoms with Crippen molar-refractivity contribution in [2.75, 3.05) is 11.1 Å². The Morgan fingerprint density at radius 3 is 2.29 bits per heavy atom. The van der Waals surface area contributed by atoms with Crippen LogP contribution in [0.5, 0.6) is 0 Å². The lowest BCUT2D eigenvalue weighted by Crippen LogP contribution is -2.23. The second kappa shape index (κ2) is 6.51. The number of anilines is 1. The van der Waals surface area contributed by atoms with E-state index in [0.717, 1.165) is 5.56 Å². The first-order valence-corrected chi connectivity index (χ1v) is 8.04. The molecule has 0 radical (unpaired) electrons. The topological polar surface area (TPSA) is 89.3 Å². The molecule has 0 bridgehead atoms. The minimum Gasteiger partial charge on any atom is -0.326 e. The Morgan fingerprint density at radius 2 is 1.62 bits per heavy atom. The third kappa shape index (κ3) is 3.90. The van der Waals surface area contributed by atoms with Crippen LogP contribution >= 0.6 is 0 Å². The van der Waals surface area contributed by atoms with E-state index < -0.39 is 21.5 Å². The molecule has 0 aliphatic rings. The lowest BCUT2D eigenvalue weighted by atomic mass is 10.2. The monoisotopic (exact) mass is 304 g/mol. The van der Waals surface area contributed by atoms with Gasteiger partial charge in [0.25, 0.3) is 0 Å². The molecule has 2 rings (SSSR count). The number of nitrogens with two attached hydrogens (primary N) is 1. The summed E-state index contributed by atoms with van der Waals surface area (Å²) in [4.78, 5) is 12.1. The van der Waals surface area contributed by atoms with Crippen molar-refractivity contribution in [1.29, 1.82) is 0 Å². The van der Waals surface area contributed by atoms with Crippen molar-refractivity contribution < 1.29 is 13.2 Å². The van der Waals surface area contributed by atoms with Gasteiger partial charge in [0.15, 0.2) is 9.84 Å². The van der Waals surface area contributed by atoms with Gasteiger partial charge in [0.2, 0.25) is 5.91 Å². The number of benzene rings is 2. The van der Waals surface area contributed by atoms with Crippen LogP contribution in [0, 0.1) is 0 Å². The van der Waals surface area contributed by atoms with Crippen molar-refractivity contribution in [3.8, 4) is 0 Å². The molecule has 0 fully saturated rings. The average molecular weight is 304 g/mol. The lowest BCUT2D eigenvalue weighted by molar-refractivity contribution is -0.113. The Morgan fingerprint density at radius 1 is 1.00 bits per heavy atom. The number of amides is 1. The van der Waals surface area contributed by atoms with Crippen molar-refractivity contribution in [1.82, 2.24) is 0 Å². The Kier molecular flexibility index (Phi) is 4.72. The Balaban J connectivity index is 2.12. The summed E-state index contributed by atoms with van der Waals surface area (Å²) >= 11 is 0. The van der Waals surface area contributed by atoms with Crippen molar-refractivity contribution in [2.45, 2.75) is 11.4 Å². The highest BCUT2D eigenvalue weighted by molar-refractivity contribution is 7.92. The predicted octanol–water partition coefficient (Wildman–Crippen LogP) is 1.56. The van der Waals surface area contributed by atoms with Crippen molar-refractivity contribution >= 4 is 21.4 Å². The van der Waals surface area contributed by atoms with Gasteiger partial charge in [-0.1, -0.05) is 36.4 Å². The van der Waals surface area contributed by atoms with Crippen LogP contribution in [0.3, 0.4) is 0 Å². The number of rotatable bonds is 5. The fraction of sp³-hybridized carbons (Fsp3) is 0.133. The molecule has 2 aromatic rings. The number of para-hydroxylation sites is 1. The number of hydrogen-bond acceptors (Lipinski definition) is 4. The summed E-state index contributed by atoms with van der Waals surface area (Å²) in [5, 5.41) is 2.59. The van der Waals surface area contributed by atoms with Gasteiger partial charge in [0.1, 0.15) is 5.75 Å². The van der Waals surface area contributed by atoms with Crippen LogP contribution in [0.25, 0.3) is 0 Å². The minimum atomic E-state index is -3.64. The van der Waals surface area contributed by atoms with E-state index in [1.54, 1.807) is 42.5 Å². The highest BCUT2D eigenvalue weighted by Crippen LogP contribution is 2.15. The molecule has 0 unspecified atom stereocenters. The first-order valence-electron chi connectivity index (χ1n) is 6.38. The number of carbonyl (C=O) groups excluding carboxylic acids is 1. The predicted molar refractivity (Wildman–Crippen MR) is 81.5 cm³/mol. The van der Waals surface area contributed by atoms with Crippen LogP contribution < -0.4 is 11.1 Å². The van der Waals surface area contributed by atoms with Gasteiger partial charge in [-0.2, -0.15) is 0 Å². The third-order valence-electron chi connectivity index (χ3n) is 2.93. The average Bonchev–Trinajstić information content (AvgIpc) is 2.48. The molecule has 110 valence electrons. The minimum absolute atomic E-state index is 0.132. The number of carbonyl (C=O) groups is 1. The molecular formula is C15H16N2O3S. The molecular weight excluding hydrogens is 288 g/mol. The summed E-state index contributed by atoms with van der Waals surface area (Å²) in [5.74, 6) is -1.18. The van der Waals surface area contributed by atoms with Gasteiger partial charge >= 0.3 is 0 Å². The maximum Gasteiger partial charge on any atom is 0.239 e. The normalized spacial score (nSPS) is 11.1. The molecule has 0 saturated heterocycles. The Labute approximate surface area is 123 Å². The number of hydrogen-bond donors (Lipinski definition) is 2.